The van der Waals surface area contributed by atoms with Crippen molar-refractivity contribution in [3.8, 4) is 5.75 Å². The van der Waals surface area contributed by atoms with Crippen LogP contribution in [0.3, 0.4) is 0 Å². The third kappa shape index (κ3) is 2.49. The van der Waals surface area contributed by atoms with Gasteiger partial charge in [0.25, 0.3) is 0 Å². The van der Waals surface area contributed by atoms with Gasteiger partial charge in [0.15, 0.2) is 0 Å². The van der Waals surface area contributed by atoms with Crippen molar-refractivity contribution in [1.82, 2.24) is 10.3 Å². The lowest BCUT2D eigenvalue weighted by molar-refractivity contribution is 0.414. The smallest absolute Gasteiger partial charge is 0.142 e. The van der Waals surface area contributed by atoms with Gasteiger partial charge in [0.05, 0.1) is 12.8 Å². The van der Waals surface area contributed by atoms with Crippen LogP contribution < -0.4 is 15.4 Å². The maximum atomic E-state index is 5.50. The van der Waals surface area contributed by atoms with E-state index in [2.05, 4.69) is 21.7 Å². The van der Waals surface area contributed by atoms with Crippen molar-refractivity contribution in [2.45, 2.75) is 18.9 Å². The van der Waals surface area contributed by atoms with Gasteiger partial charge in [0, 0.05) is 29.2 Å². The number of ether oxygens (including phenoxy) is 1. The predicted molar refractivity (Wildman–Crippen MR) is 77.8 cm³/mol. The molecule has 0 bridgehead atoms. The average molecular weight is 257 g/mol. The van der Waals surface area contributed by atoms with Gasteiger partial charge in [0.2, 0.25) is 0 Å². The molecule has 100 valence electrons. The first kappa shape index (κ1) is 12.2. The maximum Gasteiger partial charge on any atom is 0.142 e. The molecule has 4 heteroatoms. The molecule has 0 atom stereocenters. The van der Waals surface area contributed by atoms with Crippen molar-refractivity contribution < 1.29 is 4.74 Å². The standard InChI is InChI=1S/C15H19N3O/c1-19-14-3-2-11-10-17-9-6-13(11)15(14)18-12-4-7-16-8-5-12/h2-3,6,9-10,12,16,18H,4-5,7-8H2,1H3. The second-order valence-electron chi connectivity index (χ2n) is 4.91. The fourth-order valence-electron chi connectivity index (χ4n) is 2.64. The van der Waals surface area contributed by atoms with E-state index in [1.807, 2.05) is 24.5 Å². The summed E-state index contributed by atoms with van der Waals surface area (Å²) in [5, 5.41) is 9.35. The van der Waals surface area contributed by atoms with Gasteiger partial charge < -0.3 is 15.4 Å². The molecule has 1 aromatic carbocycles. The average Bonchev–Trinajstić information content (AvgIpc) is 2.49. The highest BCUT2D eigenvalue weighted by Gasteiger charge is 2.16. The molecule has 1 aliphatic rings. The van der Waals surface area contributed by atoms with E-state index in [0.29, 0.717) is 6.04 Å². The minimum Gasteiger partial charge on any atom is -0.495 e. The molecule has 0 unspecified atom stereocenters. The Bertz CT molecular complexity index is 564. The first-order valence-electron chi connectivity index (χ1n) is 6.76. The number of fused-ring (bicyclic) bond motifs is 1. The third-order valence-electron chi connectivity index (χ3n) is 3.69. The Labute approximate surface area is 113 Å². The Kier molecular flexibility index (Phi) is 3.51. The van der Waals surface area contributed by atoms with E-state index in [1.54, 1.807) is 7.11 Å². The van der Waals surface area contributed by atoms with Gasteiger partial charge in [0.1, 0.15) is 5.75 Å². The SMILES string of the molecule is COc1ccc2cnccc2c1NC1CCNCC1. The van der Waals surface area contributed by atoms with E-state index in [1.165, 1.54) is 5.39 Å². The first-order valence-corrected chi connectivity index (χ1v) is 6.76. The van der Waals surface area contributed by atoms with Crippen LogP contribution in [0, 0.1) is 0 Å². The van der Waals surface area contributed by atoms with Gasteiger partial charge in [-0.25, -0.2) is 0 Å². The minimum atomic E-state index is 0.508. The number of hydrogen-bond donors (Lipinski definition) is 2. The first-order chi connectivity index (χ1) is 9.38. The maximum absolute atomic E-state index is 5.50. The molecular weight excluding hydrogens is 238 g/mol. The number of methoxy groups -OCH3 is 1. The second-order valence-corrected chi connectivity index (χ2v) is 4.91. The lowest BCUT2D eigenvalue weighted by Gasteiger charge is -2.26. The summed E-state index contributed by atoms with van der Waals surface area (Å²) in [5.41, 5.74) is 1.09. The Hall–Kier alpha value is -1.81. The molecule has 3 rings (SSSR count). The van der Waals surface area contributed by atoms with E-state index in [9.17, 15) is 0 Å². The Morgan fingerprint density at radius 2 is 2.11 bits per heavy atom. The van der Waals surface area contributed by atoms with Gasteiger partial charge >= 0.3 is 0 Å². The summed E-state index contributed by atoms with van der Waals surface area (Å²) in [6.45, 7) is 2.15. The van der Waals surface area contributed by atoms with Crippen LogP contribution in [0.5, 0.6) is 5.75 Å². The molecule has 0 amide bonds. The Balaban J connectivity index is 1.98. The monoisotopic (exact) mass is 257 g/mol. The molecule has 0 saturated carbocycles. The zero-order valence-corrected chi connectivity index (χ0v) is 11.1. The Morgan fingerprint density at radius 1 is 1.26 bits per heavy atom. The number of nitrogens with one attached hydrogen (secondary N) is 2. The molecule has 1 aromatic heterocycles. The molecule has 1 aliphatic heterocycles. The van der Waals surface area contributed by atoms with Crippen molar-refractivity contribution >= 4 is 16.5 Å². The van der Waals surface area contributed by atoms with Gasteiger partial charge in [-0.05, 0) is 44.1 Å². The summed E-state index contributed by atoms with van der Waals surface area (Å²) in [5.74, 6) is 0.900. The largest absolute Gasteiger partial charge is 0.495 e. The number of anilines is 1. The number of rotatable bonds is 3. The fourth-order valence-corrected chi connectivity index (χ4v) is 2.64. The zero-order chi connectivity index (χ0) is 13.1. The normalized spacial score (nSPS) is 16.5. The zero-order valence-electron chi connectivity index (χ0n) is 11.1. The number of aromatic nitrogens is 1. The molecule has 4 nitrogen and oxygen atoms in total. The van der Waals surface area contributed by atoms with Gasteiger partial charge in [-0.3, -0.25) is 4.98 Å². The predicted octanol–water partition coefficient (Wildman–Crippen LogP) is 2.41. The second kappa shape index (κ2) is 5.45. The lowest BCUT2D eigenvalue weighted by Crippen LogP contribution is -2.35. The van der Waals surface area contributed by atoms with Crippen LogP contribution in [0.1, 0.15) is 12.8 Å². The van der Waals surface area contributed by atoms with E-state index >= 15 is 0 Å². The summed E-state index contributed by atoms with van der Waals surface area (Å²) in [7, 11) is 1.72. The third-order valence-corrected chi connectivity index (χ3v) is 3.69. The number of nitrogens with zero attached hydrogens (tertiary/aromatic N) is 1. The summed E-state index contributed by atoms with van der Waals surface area (Å²) in [6.07, 6.45) is 6.01. The summed E-state index contributed by atoms with van der Waals surface area (Å²) >= 11 is 0. The highest BCUT2D eigenvalue weighted by atomic mass is 16.5. The van der Waals surface area contributed by atoms with Gasteiger partial charge in [-0.1, -0.05) is 0 Å². The fraction of sp³-hybridized carbons (Fsp3) is 0.400. The molecular formula is C15H19N3O. The van der Waals surface area contributed by atoms with E-state index in [0.717, 1.165) is 42.8 Å². The van der Waals surface area contributed by atoms with Crippen LogP contribution in [0.4, 0.5) is 5.69 Å². The number of benzene rings is 1. The summed E-state index contributed by atoms with van der Waals surface area (Å²) in [6, 6.07) is 6.61. The minimum absolute atomic E-state index is 0.508. The summed E-state index contributed by atoms with van der Waals surface area (Å²) in [4.78, 5) is 4.18. The molecule has 0 spiro atoms. The van der Waals surface area contributed by atoms with Crippen molar-refractivity contribution in [2.24, 2.45) is 0 Å². The van der Waals surface area contributed by atoms with Crippen LogP contribution in [0.2, 0.25) is 0 Å². The number of piperidine rings is 1. The molecule has 1 fully saturated rings. The molecule has 2 aromatic rings. The van der Waals surface area contributed by atoms with Gasteiger partial charge in [-0.2, -0.15) is 0 Å². The molecule has 2 heterocycles. The lowest BCUT2D eigenvalue weighted by atomic mass is 10.0. The Morgan fingerprint density at radius 3 is 2.89 bits per heavy atom. The number of hydrogen-bond acceptors (Lipinski definition) is 4. The van der Waals surface area contributed by atoms with Crippen molar-refractivity contribution in [3.63, 3.8) is 0 Å². The highest BCUT2D eigenvalue weighted by Crippen LogP contribution is 2.33. The van der Waals surface area contributed by atoms with Crippen molar-refractivity contribution in [2.75, 3.05) is 25.5 Å². The molecule has 0 aliphatic carbocycles. The number of pyridine rings is 1. The highest BCUT2D eigenvalue weighted by molar-refractivity contribution is 5.96. The van der Waals surface area contributed by atoms with Crippen molar-refractivity contribution in [3.05, 3.63) is 30.6 Å². The van der Waals surface area contributed by atoms with Crippen molar-refractivity contribution in [1.29, 1.82) is 0 Å². The molecule has 0 radical (unpaired) electrons. The van der Waals surface area contributed by atoms with Crippen LogP contribution in [-0.2, 0) is 0 Å². The molecule has 2 N–H and O–H groups in total. The van der Waals surface area contributed by atoms with Gasteiger partial charge in [-0.15, -0.1) is 0 Å². The molecule has 19 heavy (non-hydrogen) atoms. The van der Waals surface area contributed by atoms with E-state index in [4.69, 9.17) is 4.74 Å². The van der Waals surface area contributed by atoms with Crippen LogP contribution in [0.25, 0.3) is 10.8 Å². The summed E-state index contributed by atoms with van der Waals surface area (Å²) < 4.78 is 5.50. The van der Waals surface area contributed by atoms with E-state index in [-0.39, 0.29) is 0 Å². The molecule has 1 saturated heterocycles. The van der Waals surface area contributed by atoms with Crippen LogP contribution in [0.15, 0.2) is 30.6 Å². The van der Waals surface area contributed by atoms with Crippen LogP contribution >= 0.6 is 0 Å². The quantitative estimate of drug-likeness (QED) is 0.886. The topological polar surface area (TPSA) is 46.2 Å². The van der Waals surface area contributed by atoms with Crippen LogP contribution in [-0.4, -0.2) is 31.2 Å². The van der Waals surface area contributed by atoms with E-state index < -0.39 is 0 Å².